The summed E-state index contributed by atoms with van der Waals surface area (Å²) in [5, 5.41) is 5.52. The van der Waals surface area contributed by atoms with Crippen molar-refractivity contribution in [3.8, 4) is 0 Å². The van der Waals surface area contributed by atoms with Gasteiger partial charge in [-0.05, 0) is 25.8 Å². The maximum Gasteiger partial charge on any atom is 0.103 e. The van der Waals surface area contributed by atoms with Crippen LogP contribution in [-0.4, -0.2) is 16.8 Å². The van der Waals surface area contributed by atoms with Crippen LogP contribution in [0.4, 0.5) is 0 Å². The average Bonchev–Trinajstić information content (AvgIpc) is 3.15. The van der Waals surface area contributed by atoms with Gasteiger partial charge in [0, 0.05) is 28.3 Å². The predicted molar refractivity (Wildman–Crippen MR) is 82.5 cm³/mol. The van der Waals surface area contributed by atoms with Crippen LogP contribution >= 0.6 is 23.1 Å². The van der Waals surface area contributed by atoms with Crippen LogP contribution < -0.4 is 5.32 Å². The normalized spacial score (nSPS) is 17.1. The second kappa shape index (κ2) is 6.92. The summed E-state index contributed by atoms with van der Waals surface area (Å²) < 4.78 is 0. The topological polar surface area (TPSA) is 24.9 Å². The molecular formula is C14H24N2S2. The zero-order chi connectivity index (χ0) is 13.0. The minimum absolute atomic E-state index is 0.746. The highest BCUT2D eigenvalue weighted by Gasteiger charge is 2.29. The summed E-state index contributed by atoms with van der Waals surface area (Å²) in [7, 11) is 0. The van der Waals surface area contributed by atoms with Gasteiger partial charge < -0.3 is 5.32 Å². The molecule has 0 aromatic carbocycles. The van der Waals surface area contributed by atoms with E-state index in [-0.39, 0.29) is 0 Å². The van der Waals surface area contributed by atoms with E-state index in [2.05, 4.69) is 26.1 Å². The number of thioether (sulfide) groups is 1. The lowest BCUT2D eigenvalue weighted by atomic mass is 10.2. The molecule has 102 valence electrons. The molecule has 1 N–H and O–H groups in total. The van der Waals surface area contributed by atoms with E-state index in [0.717, 1.165) is 30.0 Å². The van der Waals surface area contributed by atoms with Crippen molar-refractivity contribution in [2.45, 2.75) is 63.5 Å². The molecule has 2 nitrogen and oxygen atoms in total. The molecule has 0 saturated heterocycles. The standard InChI is InChI=1S/C14H24N2S2/c1-4-10(3)17-9-13-16-14(11-6-7-11)12(18-13)8-15-5-2/h10-11,15H,4-9H2,1-3H3. The van der Waals surface area contributed by atoms with Gasteiger partial charge in [-0.15, -0.1) is 11.3 Å². The Morgan fingerprint density at radius 3 is 2.83 bits per heavy atom. The van der Waals surface area contributed by atoms with E-state index in [9.17, 15) is 0 Å². The maximum atomic E-state index is 4.89. The minimum Gasteiger partial charge on any atom is -0.312 e. The van der Waals surface area contributed by atoms with Crippen molar-refractivity contribution in [3.63, 3.8) is 0 Å². The Bertz CT molecular complexity index is 372. The Labute approximate surface area is 119 Å². The van der Waals surface area contributed by atoms with Crippen LogP contribution in [0.5, 0.6) is 0 Å². The summed E-state index contributed by atoms with van der Waals surface area (Å²) in [6, 6.07) is 0. The molecule has 0 bridgehead atoms. The van der Waals surface area contributed by atoms with Crippen molar-refractivity contribution in [3.05, 3.63) is 15.6 Å². The van der Waals surface area contributed by atoms with Crippen LogP contribution in [0.3, 0.4) is 0 Å². The molecule has 1 heterocycles. The Morgan fingerprint density at radius 2 is 2.22 bits per heavy atom. The monoisotopic (exact) mass is 284 g/mol. The average molecular weight is 284 g/mol. The van der Waals surface area contributed by atoms with Crippen molar-refractivity contribution in [1.29, 1.82) is 0 Å². The molecule has 18 heavy (non-hydrogen) atoms. The Hall–Kier alpha value is -0.0600. The van der Waals surface area contributed by atoms with Gasteiger partial charge in [0.25, 0.3) is 0 Å². The molecule has 1 atom stereocenters. The van der Waals surface area contributed by atoms with E-state index in [4.69, 9.17) is 4.98 Å². The van der Waals surface area contributed by atoms with E-state index >= 15 is 0 Å². The highest BCUT2D eigenvalue weighted by atomic mass is 32.2. The lowest BCUT2D eigenvalue weighted by Gasteiger charge is -2.05. The largest absolute Gasteiger partial charge is 0.312 e. The van der Waals surface area contributed by atoms with Gasteiger partial charge in [-0.2, -0.15) is 11.8 Å². The molecule has 1 aliphatic rings. The molecule has 4 heteroatoms. The van der Waals surface area contributed by atoms with Crippen LogP contribution in [0.25, 0.3) is 0 Å². The maximum absolute atomic E-state index is 4.89. The van der Waals surface area contributed by atoms with Crippen LogP contribution in [0, 0.1) is 0 Å². The fraction of sp³-hybridized carbons (Fsp3) is 0.786. The zero-order valence-corrected chi connectivity index (χ0v) is 13.3. The number of rotatable bonds is 8. The molecular weight excluding hydrogens is 260 g/mol. The Balaban J connectivity index is 1.97. The summed E-state index contributed by atoms with van der Waals surface area (Å²) in [4.78, 5) is 6.37. The van der Waals surface area contributed by atoms with Gasteiger partial charge in [0.1, 0.15) is 5.01 Å². The molecule has 1 saturated carbocycles. The molecule has 1 unspecified atom stereocenters. The van der Waals surface area contributed by atoms with Crippen LogP contribution in [0.2, 0.25) is 0 Å². The van der Waals surface area contributed by atoms with Crippen molar-refractivity contribution in [2.75, 3.05) is 6.54 Å². The van der Waals surface area contributed by atoms with E-state index < -0.39 is 0 Å². The molecule has 1 aromatic heterocycles. The first-order chi connectivity index (χ1) is 8.74. The third kappa shape index (κ3) is 3.97. The summed E-state index contributed by atoms with van der Waals surface area (Å²) in [5.74, 6) is 1.86. The fourth-order valence-electron chi connectivity index (χ4n) is 1.85. The van der Waals surface area contributed by atoms with Gasteiger partial charge in [0.05, 0.1) is 5.69 Å². The number of hydrogen-bond donors (Lipinski definition) is 1. The van der Waals surface area contributed by atoms with Crippen molar-refractivity contribution < 1.29 is 0 Å². The summed E-state index contributed by atoms with van der Waals surface area (Å²) in [6.45, 7) is 8.77. The third-order valence-corrected chi connectivity index (χ3v) is 5.93. The van der Waals surface area contributed by atoms with Gasteiger partial charge in [-0.1, -0.05) is 20.8 Å². The second-order valence-corrected chi connectivity index (χ2v) is 7.60. The van der Waals surface area contributed by atoms with Gasteiger partial charge in [0.15, 0.2) is 0 Å². The van der Waals surface area contributed by atoms with Crippen LogP contribution in [-0.2, 0) is 12.3 Å². The van der Waals surface area contributed by atoms with Crippen LogP contribution in [0.1, 0.15) is 61.5 Å². The van der Waals surface area contributed by atoms with Gasteiger partial charge in [0.2, 0.25) is 0 Å². The lowest BCUT2D eigenvalue weighted by molar-refractivity contribution is 0.726. The Morgan fingerprint density at radius 1 is 1.44 bits per heavy atom. The number of hydrogen-bond acceptors (Lipinski definition) is 4. The molecule has 1 aliphatic carbocycles. The van der Waals surface area contributed by atoms with Gasteiger partial charge in [-0.25, -0.2) is 4.98 Å². The summed E-state index contributed by atoms with van der Waals surface area (Å²) in [6.07, 6.45) is 3.94. The molecule has 1 fully saturated rings. The summed E-state index contributed by atoms with van der Waals surface area (Å²) in [5.41, 5.74) is 1.40. The number of aromatic nitrogens is 1. The second-order valence-electron chi connectivity index (χ2n) is 5.00. The SMILES string of the molecule is CCNCc1sc(CSC(C)CC)nc1C1CC1. The highest BCUT2D eigenvalue weighted by Crippen LogP contribution is 2.43. The zero-order valence-electron chi connectivity index (χ0n) is 11.7. The Kier molecular flexibility index (Phi) is 5.52. The van der Waals surface area contributed by atoms with Crippen molar-refractivity contribution in [1.82, 2.24) is 10.3 Å². The quantitative estimate of drug-likeness (QED) is 0.776. The molecule has 0 aliphatic heterocycles. The fourth-order valence-corrected chi connectivity index (χ4v) is 3.93. The summed E-state index contributed by atoms with van der Waals surface area (Å²) >= 11 is 3.96. The number of thiazole rings is 1. The minimum atomic E-state index is 0.746. The predicted octanol–water partition coefficient (Wildman–Crippen LogP) is 4.16. The first kappa shape index (κ1) is 14.4. The van der Waals surface area contributed by atoms with Crippen LogP contribution in [0.15, 0.2) is 0 Å². The smallest absolute Gasteiger partial charge is 0.103 e. The van der Waals surface area contributed by atoms with Gasteiger partial charge in [-0.3, -0.25) is 0 Å². The first-order valence-corrected chi connectivity index (χ1v) is 8.91. The molecule has 0 radical (unpaired) electrons. The van der Waals surface area contributed by atoms with E-state index in [1.165, 1.54) is 34.8 Å². The third-order valence-electron chi connectivity index (χ3n) is 3.34. The van der Waals surface area contributed by atoms with Crippen molar-refractivity contribution in [2.24, 2.45) is 0 Å². The lowest BCUT2D eigenvalue weighted by Crippen LogP contribution is -2.11. The van der Waals surface area contributed by atoms with Crippen molar-refractivity contribution >= 4 is 23.1 Å². The number of nitrogens with zero attached hydrogens (tertiary/aromatic N) is 1. The number of nitrogens with one attached hydrogen (secondary N) is 1. The highest BCUT2D eigenvalue weighted by molar-refractivity contribution is 7.99. The molecule has 0 spiro atoms. The molecule has 0 amide bonds. The molecule has 1 aromatic rings. The first-order valence-electron chi connectivity index (χ1n) is 7.05. The molecule has 2 rings (SSSR count). The van der Waals surface area contributed by atoms with E-state index in [1.54, 1.807) is 0 Å². The van der Waals surface area contributed by atoms with E-state index in [0.29, 0.717) is 0 Å². The van der Waals surface area contributed by atoms with Gasteiger partial charge >= 0.3 is 0 Å². The van der Waals surface area contributed by atoms with E-state index in [1.807, 2.05) is 23.1 Å².